The van der Waals surface area contributed by atoms with Gasteiger partial charge in [0.1, 0.15) is 11.6 Å². The van der Waals surface area contributed by atoms with Crippen LogP contribution in [0, 0.1) is 11.3 Å². The van der Waals surface area contributed by atoms with Gasteiger partial charge in [0.15, 0.2) is 5.82 Å². The third-order valence-electron chi connectivity index (χ3n) is 6.83. The second-order valence-electron chi connectivity index (χ2n) is 9.50. The Labute approximate surface area is 237 Å². The van der Waals surface area contributed by atoms with E-state index >= 15 is 0 Å². The summed E-state index contributed by atoms with van der Waals surface area (Å²) in [5.74, 6) is -0.652. The average molecular weight is 551 g/mol. The van der Waals surface area contributed by atoms with Crippen molar-refractivity contribution in [3.8, 4) is 28.5 Å². The summed E-state index contributed by atoms with van der Waals surface area (Å²) in [7, 11) is 0. The van der Waals surface area contributed by atoms with Crippen molar-refractivity contribution in [1.82, 2.24) is 15.6 Å². The van der Waals surface area contributed by atoms with Crippen LogP contribution in [-0.2, 0) is 0 Å². The molecule has 1 aromatic heterocycles. The number of benzene rings is 3. The van der Waals surface area contributed by atoms with Crippen LogP contribution < -0.4 is 21.7 Å². The SMILES string of the molecule is N#Cc1c(-c2cccc(C(=O)NCC3CCCN3)c2)cc(-c2ccccc2N)nc1NC(=O)c1ccccc1Cl. The van der Waals surface area contributed by atoms with E-state index in [0.29, 0.717) is 40.2 Å². The van der Waals surface area contributed by atoms with E-state index in [2.05, 4.69) is 27.0 Å². The van der Waals surface area contributed by atoms with Crippen LogP contribution in [0.1, 0.15) is 39.1 Å². The molecule has 1 aliphatic heterocycles. The van der Waals surface area contributed by atoms with Crippen molar-refractivity contribution >= 4 is 34.9 Å². The summed E-state index contributed by atoms with van der Waals surface area (Å²) in [4.78, 5) is 30.8. The number of carbonyl (C=O) groups is 2. The smallest absolute Gasteiger partial charge is 0.258 e. The standard InChI is InChI=1S/C31H27ClN6O2/c32-26-12-3-1-10-22(26)31(40)38-29-25(17-33)24(16-28(37-29)23-11-2-4-13-27(23)34)19-7-5-8-20(15-19)30(39)36-18-21-9-6-14-35-21/h1-5,7-8,10-13,15-16,21,35H,6,9,14,18,34H2,(H,36,39)(H,37,38,40). The van der Waals surface area contributed by atoms with Crippen molar-refractivity contribution in [2.45, 2.75) is 18.9 Å². The number of nitrogens with two attached hydrogens (primary N) is 1. The maximum Gasteiger partial charge on any atom is 0.258 e. The maximum absolute atomic E-state index is 13.2. The minimum absolute atomic E-state index is 0.0605. The van der Waals surface area contributed by atoms with Crippen LogP contribution in [0.3, 0.4) is 0 Å². The second-order valence-corrected chi connectivity index (χ2v) is 9.90. The van der Waals surface area contributed by atoms with Crippen LogP contribution in [0.4, 0.5) is 11.5 Å². The number of anilines is 2. The number of aromatic nitrogens is 1. The lowest BCUT2D eigenvalue weighted by molar-refractivity contribution is 0.0949. The van der Waals surface area contributed by atoms with E-state index in [1.54, 1.807) is 54.6 Å². The van der Waals surface area contributed by atoms with Gasteiger partial charge in [0.25, 0.3) is 11.8 Å². The molecule has 3 aromatic carbocycles. The first kappa shape index (κ1) is 26.9. The Balaban J connectivity index is 1.56. The van der Waals surface area contributed by atoms with Crippen LogP contribution in [0.5, 0.6) is 0 Å². The number of nitrogens with zero attached hydrogens (tertiary/aromatic N) is 2. The third-order valence-corrected chi connectivity index (χ3v) is 7.16. The summed E-state index contributed by atoms with van der Waals surface area (Å²) >= 11 is 6.24. The Hall–Kier alpha value is -4.71. The zero-order valence-electron chi connectivity index (χ0n) is 21.6. The quantitative estimate of drug-likeness (QED) is 0.232. The largest absolute Gasteiger partial charge is 0.398 e. The summed E-state index contributed by atoms with van der Waals surface area (Å²) in [6.07, 6.45) is 2.12. The minimum Gasteiger partial charge on any atom is -0.398 e. The molecule has 200 valence electrons. The van der Waals surface area contributed by atoms with Gasteiger partial charge >= 0.3 is 0 Å². The molecule has 0 saturated carbocycles. The van der Waals surface area contributed by atoms with Crippen molar-refractivity contribution in [1.29, 1.82) is 5.26 Å². The predicted molar refractivity (Wildman–Crippen MR) is 157 cm³/mol. The van der Waals surface area contributed by atoms with E-state index in [-0.39, 0.29) is 33.9 Å². The van der Waals surface area contributed by atoms with Crippen LogP contribution in [-0.4, -0.2) is 35.9 Å². The normalized spacial score (nSPS) is 14.3. The lowest BCUT2D eigenvalue weighted by Gasteiger charge is -2.16. The summed E-state index contributed by atoms with van der Waals surface area (Å²) < 4.78 is 0. The number of para-hydroxylation sites is 1. The second kappa shape index (κ2) is 12.0. The van der Waals surface area contributed by atoms with Crippen molar-refractivity contribution in [3.63, 3.8) is 0 Å². The van der Waals surface area contributed by atoms with Crippen molar-refractivity contribution in [2.24, 2.45) is 0 Å². The van der Waals surface area contributed by atoms with Gasteiger partial charge in [-0.2, -0.15) is 5.26 Å². The van der Waals surface area contributed by atoms with Gasteiger partial charge in [-0.15, -0.1) is 0 Å². The fraction of sp³-hybridized carbons (Fsp3) is 0.161. The van der Waals surface area contributed by atoms with E-state index in [0.717, 1.165) is 19.4 Å². The zero-order valence-corrected chi connectivity index (χ0v) is 22.3. The van der Waals surface area contributed by atoms with Crippen molar-refractivity contribution in [2.75, 3.05) is 24.1 Å². The molecule has 5 rings (SSSR count). The summed E-state index contributed by atoms with van der Waals surface area (Å²) in [5.41, 5.74) is 9.81. The van der Waals surface area contributed by atoms with E-state index < -0.39 is 5.91 Å². The zero-order chi connectivity index (χ0) is 28.1. The molecule has 1 saturated heterocycles. The number of nitrogen functional groups attached to an aromatic ring is 1. The van der Waals surface area contributed by atoms with Crippen LogP contribution in [0.25, 0.3) is 22.4 Å². The monoisotopic (exact) mass is 550 g/mol. The van der Waals surface area contributed by atoms with E-state index in [9.17, 15) is 14.9 Å². The lowest BCUT2D eigenvalue weighted by atomic mass is 9.96. The molecule has 4 aromatic rings. The molecule has 1 atom stereocenters. The van der Waals surface area contributed by atoms with Gasteiger partial charge in [-0.3, -0.25) is 9.59 Å². The number of amides is 2. The third kappa shape index (κ3) is 5.81. The Kier molecular flexibility index (Phi) is 8.06. The highest BCUT2D eigenvalue weighted by atomic mass is 35.5. The highest BCUT2D eigenvalue weighted by Crippen LogP contribution is 2.35. The first-order valence-electron chi connectivity index (χ1n) is 12.9. The average Bonchev–Trinajstić information content (AvgIpc) is 3.50. The molecule has 0 radical (unpaired) electrons. The molecule has 8 nitrogen and oxygen atoms in total. The molecule has 0 bridgehead atoms. The Morgan fingerprint density at radius 1 is 1.02 bits per heavy atom. The molecular formula is C31H27ClN6O2. The van der Waals surface area contributed by atoms with Gasteiger partial charge in [0.05, 0.1) is 16.3 Å². The number of hydrogen-bond donors (Lipinski definition) is 4. The summed E-state index contributed by atoms with van der Waals surface area (Å²) in [6, 6.07) is 25.1. The molecule has 2 amide bonds. The minimum atomic E-state index is -0.507. The number of halogens is 1. The van der Waals surface area contributed by atoms with E-state index in [1.165, 1.54) is 0 Å². The lowest BCUT2D eigenvalue weighted by Crippen LogP contribution is -2.37. The van der Waals surface area contributed by atoms with E-state index in [4.69, 9.17) is 17.3 Å². The molecule has 0 spiro atoms. The van der Waals surface area contributed by atoms with Gasteiger partial charge in [-0.25, -0.2) is 4.98 Å². The fourth-order valence-corrected chi connectivity index (χ4v) is 4.96. The molecule has 9 heteroatoms. The number of rotatable bonds is 7. The van der Waals surface area contributed by atoms with Crippen LogP contribution in [0.2, 0.25) is 5.02 Å². The molecule has 1 aliphatic rings. The van der Waals surface area contributed by atoms with Gasteiger partial charge in [-0.05, 0) is 61.3 Å². The molecule has 0 aliphatic carbocycles. The van der Waals surface area contributed by atoms with Crippen LogP contribution in [0.15, 0.2) is 78.9 Å². The van der Waals surface area contributed by atoms with Crippen molar-refractivity contribution < 1.29 is 9.59 Å². The first-order chi connectivity index (χ1) is 19.4. The highest BCUT2D eigenvalue weighted by molar-refractivity contribution is 6.34. The van der Waals surface area contributed by atoms with Gasteiger partial charge in [0, 0.05) is 35.0 Å². The summed E-state index contributed by atoms with van der Waals surface area (Å²) in [5, 5.41) is 19.6. The Bertz CT molecular complexity index is 1620. The molecule has 1 unspecified atom stereocenters. The number of nitrogens with one attached hydrogen (secondary N) is 3. The van der Waals surface area contributed by atoms with E-state index in [1.807, 2.05) is 24.3 Å². The maximum atomic E-state index is 13.2. The predicted octanol–water partition coefficient (Wildman–Crippen LogP) is 5.26. The molecule has 2 heterocycles. The highest BCUT2D eigenvalue weighted by Gasteiger charge is 2.21. The van der Waals surface area contributed by atoms with Crippen LogP contribution >= 0.6 is 11.6 Å². The number of pyridine rings is 1. The Morgan fingerprint density at radius 3 is 2.58 bits per heavy atom. The fourth-order valence-electron chi connectivity index (χ4n) is 4.74. The first-order valence-corrected chi connectivity index (χ1v) is 13.3. The summed E-state index contributed by atoms with van der Waals surface area (Å²) in [6.45, 7) is 1.50. The molecule has 1 fully saturated rings. The van der Waals surface area contributed by atoms with Gasteiger partial charge in [-0.1, -0.05) is 54.1 Å². The van der Waals surface area contributed by atoms with Gasteiger partial charge in [0.2, 0.25) is 0 Å². The van der Waals surface area contributed by atoms with Gasteiger partial charge < -0.3 is 21.7 Å². The number of nitriles is 1. The number of hydrogen-bond acceptors (Lipinski definition) is 6. The molecule has 5 N–H and O–H groups in total. The van der Waals surface area contributed by atoms with Crippen molar-refractivity contribution in [3.05, 3.63) is 101 Å². The Morgan fingerprint density at radius 2 is 1.82 bits per heavy atom. The molecule has 40 heavy (non-hydrogen) atoms. The topological polar surface area (TPSA) is 133 Å². The number of carbonyl (C=O) groups excluding carboxylic acids is 2. The molecular weight excluding hydrogens is 524 g/mol.